The lowest BCUT2D eigenvalue weighted by Crippen LogP contribution is -2.26. The topological polar surface area (TPSA) is 52.6 Å². The number of carbonyl (C=O) groups is 1. The van der Waals surface area contributed by atoms with Gasteiger partial charge >= 0.3 is 6.09 Å². The number of halogens is 2. The molecule has 0 fully saturated rings. The summed E-state index contributed by atoms with van der Waals surface area (Å²) in [6.45, 7) is 0. The van der Waals surface area contributed by atoms with Crippen LogP contribution in [0.4, 0.5) is 4.79 Å². The maximum absolute atomic E-state index is 10.4. The molecule has 1 heterocycles. The summed E-state index contributed by atoms with van der Waals surface area (Å²) in [5.41, 5.74) is 0. The summed E-state index contributed by atoms with van der Waals surface area (Å²) in [6.07, 6.45) is 1.46. The molecule has 6 heteroatoms. The van der Waals surface area contributed by atoms with Gasteiger partial charge in [-0.3, -0.25) is 0 Å². The first-order valence-electron chi connectivity index (χ1n) is 2.63. The van der Waals surface area contributed by atoms with Crippen LogP contribution in [0.1, 0.15) is 0 Å². The van der Waals surface area contributed by atoms with E-state index in [0.29, 0.717) is 0 Å². The molecule has 60 valence electrons. The molecule has 1 rings (SSSR count). The van der Waals surface area contributed by atoms with Gasteiger partial charge in [-0.15, -0.1) is 0 Å². The Morgan fingerprint density at radius 3 is 2.73 bits per heavy atom. The highest BCUT2D eigenvalue weighted by atomic mass is 35.5. The van der Waals surface area contributed by atoms with Crippen LogP contribution in [0, 0.1) is 0 Å². The maximum atomic E-state index is 10.4. The lowest BCUT2D eigenvalue weighted by atomic mass is 10.6. The van der Waals surface area contributed by atoms with Gasteiger partial charge < -0.3 is 10.4 Å². The molecule has 11 heavy (non-hydrogen) atoms. The Labute approximate surface area is 72.7 Å². The minimum Gasteiger partial charge on any atom is -0.464 e. The molecule has 0 spiro atoms. The van der Waals surface area contributed by atoms with E-state index in [2.05, 4.69) is 5.32 Å². The molecule has 0 unspecified atom stereocenters. The molecule has 4 nitrogen and oxygen atoms in total. The van der Waals surface area contributed by atoms with Crippen LogP contribution >= 0.6 is 23.2 Å². The molecule has 0 bridgehead atoms. The quantitative estimate of drug-likeness (QED) is 0.577. The van der Waals surface area contributed by atoms with Crippen LogP contribution in [-0.4, -0.2) is 16.1 Å². The van der Waals surface area contributed by atoms with Gasteiger partial charge in [-0.05, 0) is 0 Å². The number of hydrogen-bond donors (Lipinski definition) is 2. The Hall–Kier alpha value is -0.870. The summed E-state index contributed by atoms with van der Waals surface area (Å²) in [5, 5.41) is 11.1. The monoisotopic (exact) mass is 194 g/mol. The summed E-state index contributed by atoms with van der Waals surface area (Å²) in [6, 6.07) is 0. The van der Waals surface area contributed by atoms with E-state index < -0.39 is 6.09 Å². The average Bonchev–Trinajstić information content (AvgIpc) is 1.94. The second kappa shape index (κ2) is 3.02. The molecule has 0 saturated carbocycles. The predicted molar refractivity (Wildman–Crippen MR) is 40.9 cm³/mol. The normalized spacial score (nSPS) is 16.7. The number of carboxylic acid groups (broad SMARTS) is 1. The third-order valence-electron chi connectivity index (χ3n) is 1.03. The van der Waals surface area contributed by atoms with Gasteiger partial charge in [0.1, 0.15) is 5.16 Å². The van der Waals surface area contributed by atoms with E-state index in [4.69, 9.17) is 28.3 Å². The first kappa shape index (κ1) is 8.23. The van der Waals surface area contributed by atoms with E-state index >= 15 is 0 Å². The van der Waals surface area contributed by atoms with Crippen molar-refractivity contribution in [1.29, 1.82) is 0 Å². The minimum atomic E-state index is -1.18. The molecule has 0 aromatic carbocycles. The van der Waals surface area contributed by atoms with E-state index in [9.17, 15) is 4.79 Å². The largest absolute Gasteiger partial charge is 0.464 e. The molecule has 1 aliphatic rings. The molecule has 2 N–H and O–H groups in total. The number of nitrogens with zero attached hydrogens (tertiary/aromatic N) is 1. The van der Waals surface area contributed by atoms with Crippen molar-refractivity contribution in [1.82, 2.24) is 10.2 Å². The molecule has 1 amide bonds. The van der Waals surface area contributed by atoms with Crippen LogP contribution in [0.3, 0.4) is 0 Å². The molecule has 0 aliphatic carbocycles. The maximum Gasteiger partial charge on any atom is 0.416 e. The zero-order chi connectivity index (χ0) is 8.43. The molecular formula is C5H4Cl2N2O2. The first-order valence-corrected chi connectivity index (χ1v) is 3.39. The Kier molecular flexibility index (Phi) is 2.26. The van der Waals surface area contributed by atoms with E-state index in [-0.39, 0.29) is 10.3 Å². The van der Waals surface area contributed by atoms with E-state index in [1.165, 1.54) is 12.4 Å². The minimum absolute atomic E-state index is 0.0540. The summed E-state index contributed by atoms with van der Waals surface area (Å²) < 4.78 is 0. The highest BCUT2D eigenvalue weighted by Gasteiger charge is 2.18. The highest BCUT2D eigenvalue weighted by molar-refractivity contribution is 6.39. The fraction of sp³-hybridized carbons (Fsp3) is 0. The van der Waals surface area contributed by atoms with Gasteiger partial charge in [0.2, 0.25) is 0 Å². The summed E-state index contributed by atoms with van der Waals surface area (Å²) in [7, 11) is 0. The van der Waals surface area contributed by atoms with Crippen molar-refractivity contribution in [2.45, 2.75) is 0 Å². The van der Waals surface area contributed by atoms with Crippen molar-refractivity contribution in [3.05, 3.63) is 22.7 Å². The Bertz CT molecular complexity index is 249. The van der Waals surface area contributed by atoms with Gasteiger partial charge in [-0.1, -0.05) is 23.2 Å². The van der Waals surface area contributed by atoms with Crippen LogP contribution < -0.4 is 5.32 Å². The molecule has 0 saturated heterocycles. The van der Waals surface area contributed by atoms with Gasteiger partial charge in [0.15, 0.2) is 5.16 Å². The number of amides is 1. The van der Waals surface area contributed by atoms with Crippen LogP contribution in [0.5, 0.6) is 0 Å². The molecule has 0 aromatic rings. The van der Waals surface area contributed by atoms with Crippen molar-refractivity contribution < 1.29 is 9.90 Å². The SMILES string of the molecule is O=C(O)N1C=CNC(Cl)=C1Cl. The van der Waals surface area contributed by atoms with Gasteiger partial charge in [0.25, 0.3) is 0 Å². The van der Waals surface area contributed by atoms with E-state index in [0.717, 1.165) is 4.90 Å². The van der Waals surface area contributed by atoms with Crippen LogP contribution in [-0.2, 0) is 0 Å². The average molecular weight is 195 g/mol. The second-order valence-corrected chi connectivity index (χ2v) is 2.45. The summed E-state index contributed by atoms with van der Waals surface area (Å²) in [4.78, 5) is 11.2. The molecule has 0 atom stereocenters. The molecule has 0 radical (unpaired) electrons. The van der Waals surface area contributed by atoms with Crippen molar-refractivity contribution in [3.8, 4) is 0 Å². The van der Waals surface area contributed by atoms with E-state index in [1.54, 1.807) is 0 Å². The molecule has 0 aromatic heterocycles. The first-order chi connectivity index (χ1) is 5.13. The van der Waals surface area contributed by atoms with Gasteiger partial charge in [-0.2, -0.15) is 0 Å². The van der Waals surface area contributed by atoms with Crippen molar-refractivity contribution in [2.75, 3.05) is 0 Å². The number of nitrogens with one attached hydrogen (secondary N) is 1. The highest BCUT2D eigenvalue weighted by Crippen LogP contribution is 2.19. The Balaban J connectivity index is 2.89. The Morgan fingerprint density at radius 1 is 1.64 bits per heavy atom. The number of hydrogen-bond acceptors (Lipinski definition) is 2. The van der Waals surface area contributed by atoms with Crippen LogP contribution in [0.15, 0.2) is 22.7 Å². The third-order valence-corrected chi connectivity index (χ3v) is 1.79. The second-order valence-electron chi connectivity index (χ2n) is 1.72. The third kappa shape index (κ3) is 1.58. The zero-order valence-electron chi connectivity index (χ0n) is 5.21. The van der Waals surface area contributed by atoms with Gasteiger partial charge in [0, 0.05) is 12.4 Å². The lowest BCUT2D eigenvalue weighted by molar-refractivity contribution is 0.173. The Morgan fingerprint density at radius 2 is 2.27 bits per heavy atom. The number of rotatable bonds is 0. The van der Waals surface area contributed by atoms with Crippen LogP contribution in [0.25, 0.3) is 0 Å². The lowest BCUT2D eigenvalue weighted by Gasteiger charge is -2.18. The fourth-order valence-electron chi connectivity index (χ4n) is 0.563. The van der Waals surface area contributed by atoms with Crippen LogP contribution in [0.2, 0.25) is 0 Å². The van der Waals surface area contributed by atoms with Crippen molar-refractivity contribution in [2.24, 2.45) is 0 Å². The van der Waals surface area contributed by atoms with Gasteiger partial charge in [-0.25, -0.2) is 9.69 Å². The molecule has 1 aliphatic heterocycles. The van der Waals surface area contributed by atoms with E-state index in [1.807, 2.05) is 0 Å². The summed E-state index contributed by atoms with van der Waals surface area (Å²) in [5.74, 6) is 0. The smallest absolute Gasteiger partial charge is 0.416 e. The van der Waals surface area contributed by atoms with Crippen molar-refractivity contribution >= 4 is 29.3 Å². The van der Waals surface area contributed by atoms with Gasteiger partial charge in [0.05, 0.1) is 0 Å². The molecular weight excluding hydrogens is 191 g/mol. The summed E-state index contributed by atoms with van der Waals surface area (Å²) >= 11 is 11.0. The predicted octanol–water partition coefficient (Wildman–Crippen LogP) is 1.65. The zero-order valence-corrected chi connectivity index (χ0v) is 6.73. The van der Waals surface area contributed by atoms with Crippen molar-refractivity contribution in [3.63, 3.8) is 0 Å². The standard InChI is InChI=1S/C5H4Cl2N2O2/c6-3-4(7)9(5(10)11)2-1-8-3/h1-2,8H,(H,10,11). The fourth-order valence-corrected chi connectivity index (χ4v) is 0.901.